The Labute approximate surface area is 185 Å². The van der Waals surface area contributed by atoms with Crippen molar-refractivity contribution in [2.45, 2.75) is 39.7 Å². The van der Waals surface area contributed by atoms with E-state index in [-0.39, 0.29) is 0 Å². The van der Waals surface area contributed by atoms with Gasteiger partial charge in [-0.05, 0) is 60.6 Å². The van der Waals surface area contributed by atoms with Crippen LogP contribution in [0.2, 0.25) is 0 Å². The van der Waals surface area contributed by atoms with Gasteiger partial charge < -0.3 is 4.74 Å². The van der Waals surface area contributed by atoms with Crippen LogP contribution in [0.3, 0.4) is 0 Å². The Bertz CT molecular complexity index is 1070. The summed E-state index contributed by atoms with van der Waals surface area (Å²) in [6, 6.07) is 28.9. The van der Waals surface area contributed by atoms with Gasteiger partial charge in [-0.2, -0.15) is 0 Å². The minimum atomic E-state index is -0.547. The lowest BCUT2D eigenvalue weighted by Crippen LogP contribution is -2.24. The van der Waals surface area contributed by atoms with Crippen molar-refractivity contribution in [1.82, 2.24) is 0 Å². The smallest absolute Gasteiger partial charge is 0.338 e. The molecule has 2 heteroatoms. The van der Waals surface area contributed by atoms with Crippen molar-refractivity contribution in [3.63, 3.8) is 0 Å². The quantitative estimate of drug-likeness (QED) is 0.240. The Hall–Kier alpha value is -3.39. The largest absolute Gasteiger partial charge is 0.456 e. The molecule has 3 rings (SSSR count). The third-order valence-electron chi connectivity index (χ3n) is 5.01. The fourth-order valence-electron chi connectivity index (χ4n) is 3.58. The van der Waals surface area contributed by atoms with E-state index in [0.29, 0.717) is 5.57 Å². The van der Waals surface area contributed by atoms with Crippen molar-refractivity contribution in [3.8, 4) is 0 Å². The molecule has 0 N–H and O–H groups in total. The highest BCUT2D eigenvalue weighted by atomic mass is 16.6. The Morgan fingerprint density at radius 2 is 1.19 bits per heavy atom. The Balaban J connectivity index is 2.05. The standard InChI is InChI=1S/C29H30O2/c1-6-26(23-13-9-7-10-14-23)27(24-15-11-8-12-16-24)25-19-17-22(18-20-25)21(2)28(30)31-29(3,4)5/h7-20H,2,6H2,1,3-5H3/b27-26-. The Kier molecular flexibility index (Phi) is 6.91. The van der Waals surface area contributed by atoms with Crippen LogP contribution in [0.1, 0.15) is 56.4 Å². The Morgan fingerprint density at radius 1 is 0.742 bits per heavy atom. The molecule has 0 unspecified atom stereocenters. The summed E-state index contributed by atoms with van der Waals surface area (Å²) in [5.41, 5.74) is 6.55. The number of allylic oxidation sites excluding steroid dienone is 1. The van der Waals surface area contributed by atoms with E-state index in [1.165, 1.54) is 22.3 Å². The molecule has 0 atom stereocenters. The van der Waals surface area contributed by atoms with Crippen LogP contribution in [-0.4, -0.2) is 11.6 Å². The third-order valence-corrected chi connectivity index (χ3v) is 5.01. The predicted molar refractivity (Wildman–Crippen MR) is 130 cm³/mol. The van der Waals surface area contributed by atoms with Crippen LogP contribution < -0.4 is 0 Å². The highest BCUT2D eigenvalue weighted by Gasteiger charge is 2.20. The number of rotatable bonds is 6. The summed E-state index contributed by atoms with van der Waals surface area (Å²) in [7, 11) is 0. The van der Waals surface area contributed by atoms with Gasteiger partial charge in [0.2, 0.25) is 0 Å². The summed E-state index contributed by atoms with van der Waals surface area (Å²) in [4.78, 5) is 12.4. The molecule has 0 bridgehead atoms. The van der Waals surface area contributed by atoms with Crippen LogP contribution in [-0.2, 0) is 9.53 Å². The van der Waals surface area contributed by atoms with Gasteiger partial charge in [0.1, 0.15) is 5.60 Å². The van der Waals surface area contributed by atoms with Crippen LogP contribution in [0.25, 0.3) is 16.7 Å². The normalized spacial score (nSPS) is 12.1. The maximum Gasteiger partial charge on any atom is 0.338 e. The van der Waals surface area contributed by atoms with Gasteiger partial charge in [0, 0.05) is 0 Å². The fraction of sp³-hybridized carbons (Fsp3) is 0.207. The number of hydrogen-bond acceptors (Lipinski definition) is 2. The maximum absolute atomic E-state index is 12.4. The summed E-state index contributed by atoms with van der Waals surface area (Å²) < 4.78 is 5.47. The first-order valence-electron chi connectivity index (χ1n) is 10.7. The molecule has 3 aromatic carbocycles. The summed E-state index contributed by atoms with van der Waals surface area (Å²) in [6.45, 7) is 11.7. The van der Waals surface area contributed by atoms with Crippen molar-refractivity contribution in [2.75, 3.05) is 0 Å². The second kappa shape index (κ2) is 9.61. The van der Waals surface area contributed by atoms with E-state index in [1.54, 1.807) is 0 Å². The molecule has 31 heavy (non-hydrogen) atoms. The molecule has 0 fully saturated rings. The molecule has 0 aliphatic heterocycles. The van der Waals surface area contributed by atoms with Crippen molar-refractivity contribution in [1.29, 1.82) is 0 Å². The van der Waals surface area contributed by atoms with Crippen LogP contribution in [0.5, 0.6) is 0 Å². The van der Waals surface area contributed by atoms with Crippen LogP contribution >= 0.6 is 0 Å². The molecule has 0 amide bonds. The van der Waals surface area contributed by atoms with E-state index in [2.05, 4.69) is 74.2 Å². The first-order chi connectivity index (χ1) is 14.8. The molecule has 158 valence electrons. The van der Waals surface area contributed by atoms with Gasteiger partial charge in [0.25, 0.3) is 0 Å². The van der Waals surface area contributed by atoms with E-state index < -0.39 is 11.6 Å². The molecule has 2 nitrogen and oxygen atoms in total. The number of carbonyl (C=O) groups excluding carboxylic acids is 1. The van der Waals surface area contributed by atoms with Crippen LogP contribution in [0.4, 0.5) is 0 Å². The average Bonchev–Trinajstić information content (AvgIpc) is 2.77. The molecular formula is C29H30O2. The number of esters is 1. The van der Waals surface area contributed by atoms with Crippen molar-refractivity contribution in [2.24, 2.45) is 0 Å². The number of hydrogen-bond donors (Lipinski definition) is 0. The van der Waals surface area contributed by atoms with Crippen LogP contribution in [0, 0.1) is 0 Å². The SMILES string of the molecule is C=C(C(=O)OC(C)(C)C)c1ccc(/C(=C(/CC)c2ccccc2)c2ccccc2)cc1. The highest BCUT2D eigenvalue weighted by Crippen LogP contribution is 2.34. The van der Waals surface area contributed by atoms with Crippen LogP contribution in [0.15, 0.2) is 91.5 Å². The molecule has 3 aromatic rings. The highest BCUT2D eigenvalue weighted by molar-refractivity contribution is 6.15. The van der Waals surface area contributed by atoms with Gasteiger partial charge in [-0.3, -0.25) is 0 Å². The van der Waals surface area contributed by atoms with Gasteiger partial charge in [-0.25, -0.2) is 4.79 Å². The molecule has 0 radical (unpaired) electrons. The minimum absolute atomic E-state index is 0.366. The molecule has 0 saturated heterocycles. The third kappa shape index (κ3) is 5.61. The molecule has 0 heterocycles. The predicted octanol–water partition coefficient (Wildman–Crippen LogP) is 7.41. The zero-order valence-corrected chi connectivity index (χ0v) is 18.8. The maximum atomic E-state index is 12.4. The summed E-state index contributed by atoms with van der Waals surface area (Å²) in [5, 5.41) is 0. The van der Waals surface area contributed by atoms with E-state index in [0.717, 1.165) is 17.5 Å². The summed E-state index contributed by atoms with van der Waals surface area (Å²) >= 11 is 0. The van der Waals surface area contributed by atoms with Crippen molar-refractivity contribution >= 4 is 22.7 Å². The van der Waals surface area contributed by atoms with E-state index in [9.17, 15) is 4.79 Å². The molecular weight excluding hydrogens is 380 g/mol. The zero-order valence-electron chi connectivity index (χ0n) is 18.8. The molecule has 0 saturated carbocycles. The van der Waals surface area contributed by atoms with E-state index in [1.807, 2.05) is 45.0 Å². The van der Waals surface area contributed by atoms with Gasteiger partial charge >= 0.3 is 5.97 Å². The average molecular weight is 411 g/mol. The van der Waals surface area contributed by atoms with Crippen molar-refractivity contribution in [3.05, 3.63) is 114 Å². The number of carbonyl (C=O) groups is 1. The molecule has 0 aliphatic rings. The van der Waals surface area contributed by atoms with Gasteiger partial charge in [-0.1, -0.05) is 98.4 Å². The first-order valence-corrected chi connectivity index (χ1v) is 10.7. The molecule has 0 aromatic heterocycles. The van der Waals surface area contributed by atoms with E-state index in [4.69, 9.17) is 4.74 Å². The minimum Gasteiger partial charge on any atom is -0.456 e. The number of benzene rings is 3. The van der Waals surface area contributed by atoms with Gasteiger partial charge in [0.15, 0.2) is 0 Å². The van der Waals surface area contributed by atoms with Gasteiger partial charge in [-0.15, -0.1) is 0 Å². The number of ether oxygens (including phenoxy) is 1. The zero-order chi connectivity index (χ0) is 22.4. The summed E-state index contributed by atoms with van der Waals surface area (Å²) in [5.74, 6) is -0.391. The lowest BCUT2D eigenvalue weighted by molar-refractivity contribution is -0.147. The topological polar surface area (TPSA) is 26.3 Å². The molecule has 0 aliphatic carbocycles. The van der Waals surface area contributed by atoms with E-state index >= 15 is 0 Å². The lowest BCUT2D eigenvalue weighted by atomic mass is 9.87. The molecule has 0 spiro atoms. The fourth-order valence-corrected chi connectivity index (χ4v) is 3.58. The monoisotopic (exact) mass is 410 g/mol. The lowest BCUT2D eigenvalue weighted by Gasteiger charge is -2.20. The second-order valence-electron chi connectivity index (χ2n) is 8.50. The van der Waals surface area contributed by atoms with Crippen molar-refractivity contribution < 1.29 is 9.53 Å². The van der Waals surface area contributed by atoms with Gasteiger partial charge in [0.05, 0.1) is 5.57 Å². The Morgan fingerprint density at radius 3 is 1.68 bits per heavy atom. The summed E-state index contributed by atoms with van der Waals surface area (Å²) in [6.07, 6.45) is 0.903. The second-order valence-corrected chi connectivity index (χ2v) is 8.50. The first kappa shape index (κ1) is 22.3.